The fourth-order valence-electron chi connectivity index (χ4n) is 1.68. The van der Waals surface area contributed by atoms with Gasteiger partial charge in [0.15, 0.2) is 0 Å². The third-order valence-corrected chi connectivity index (χ3v) is 2.76. The maximum absolute atomic E-state index is 13.5. The first kappa shape index (κ1) is 14.1. The average molecular weight is 272 g/mol. The van der Waals surface area contributed by atoms with Crippen molar-refractivity contribution >= 4 is 12.4 Å². The predicted molar refractivity (Wildman–Crippen MR) is 77.5 cm³/mol. The van der Waals surface area contributed by atoms with Crippen molar-refractivity contribution in [3.8, 4) is 0 Å². The Morgan fingerprint density at radius 2 is 1.35 bits per heavy atom. The smallest absolute Gasteiger partial charge is 0.135 e. The van der Waals surface area contributed by atoms with Crippen molar-refractivity contribution in [1.82, 2.24) is 0 Å². The highest BCUT2D eigenvalue weighted by Gasteiger charge is 2.07. The summed E-state index contributed by atoms with van der Waals surface area (Å²) in [7, 11) is 0. The van der Waals surface area contributed by atoms with Crippen LogP contribution in [-0.2, 0) is 0 Å². The molecule has 0 fully saturated rings. The molecular formula is C16H14F2N2. The van der Waals surface area contributed by atoms with Gasteiger partial charge < -0.3 is 0 Å². The third kappa shape index (κ3) is 3.57. The second-order valence-corrected chi connectivity index (χ2v) is 4.54. The van der Waals surface area contributed by atoms with Crippen LogP contribution in [-0.4, -0.2) is 12.4 Å². The van der Waals surface area contributed by atoms with Crippen LogP contribution < -0.4 is 0 Å². The molecule has 0 aliphatic rings. The summed E-state index contributed by atoms with van der Waals surface area (Å²) in [5.41, 5.74) is 2.36. The number of hydrogen-bond acceptors (Lipinski definition) is 2. The summed E-state index contributed by atoms with van der Waals surface area (Å²) in [6, 6.07) is 10.2. The van der Waals surface area contributed by atoms with Crippen LogP contribution in [0.15, 0.2) is 46.6 Å². The summed E-state index contributed by atoms with van der Waals surface area (Å²) < 4.78 is 27.0. The van der Waals surface area contributed by atoms with E-state index in [9.17, 15) is 8.78 Å². The van der Waals surface area contributed by atoms with E-state index in [0.29, 0.717) is 5.56 Å². The van der Waals surface area contributed by atoms with Gasteiger partial charge in [0.2, 0.25) is 0 Å². The van der Waals surface area contributed by atoms with Crippen molar-refractivity contribution in [2.75, 3.05) is 0 Å². The molecule has 4 heteroatoms. The molecule has 0 amide bonds. The molecule has 0 saturated heterocycles. The molecule has 0 spiro atoms. The highest BCUT2D eigenvalue weighted by molar-refractivity contribution is 5.83. The molecule has 2 rings (SSSR count). The predicted octanol–water partition coefficient (Wildman–Crippen LogP) is 4.03. The maximum atomic E-state index is 13.5. The van der Waals surface area contributed by atoms with Gasteiger partial charge in [-0.1, -0.05) is 29.8 Å². The van der Waals surface area contributed by atoms with Crippen molar-refractivity contribution in [3.63, 3.8) is 0 Å². The SMILES string of the molecule is Cc1ccc(C=NN=Cc2c(F)cc(C)cc2F)cc1. The van der Waals surface area contributed by atoms with E-state index in [1.807, 2.05) is 31.2 Å². The Morgan fingerprint density at radius 1 is 0.800 bits per heavy atom. The Balaban J connectivity index is 2.12. The Hall–Kier alpha value is -2.36. The summed E-state index contributed by atoms with van der Waals surface area (Å²) >= 11 is 0. The summed E-state index contributed by atoms with van der Waals surface area (Å²) in [6.07, 6.45) is 2.61. The Labute approximate surface area is 116 Å². The van der Waals surface area contributed by atoms with Crippen molar-refractivity contribution in [2.45, 2.75) is 13.8 Å². The van der Waals surface area contributed by atoms with E-state index in [1.165, 1.54) is 18.3 Å². The number of rotatable bonds is 3. The van der Waals surface area contributed by atoms with Crippen LogP contribution >= 0.6 is 0 Å². The van der Waals surface area contributed by atoms with Gasteiger partial charge in [0.25, 0.3) is 0 Å². The second-order valence-electron chi connectivity index (χ2n) is 4.54. The van der Waals surface area contributed by atoms with Crippen molar-refractivity contribution in [2.24, 2.45) is 10.2 Å². The van der Waals surface area contributed by atoms with Crippen molar-refractivity contribution in [3.05, 3.63) is 70.3 Å². The summed E-state index contributed by atoms with van der Waals surface area (Å²) in [6.45, 7) is 3.62. The fraction of sp³-hybridized carbons (Fsp3) is 0.125. The molecule has 20 heavy (non-hydrogen) atoms. The molecule has 2 aromatic carbocycles. The summed E-state index contributed by atoms with van der Waals surface area (Å²) in [4.78, 5) is 0. The lowest BCUT2D eigenvalue weighted by molar-refractivity contribution is 0.578. The highest BCUT2D eigenvalue weighted by atomic mass is 19.1. The van der Waals surface area contributed by atoms with E-state index in [-0.39, 0.29) is 5.56 Å². The van der Waals surface area contributed by atoms with Crippen LogP contribution in [0.2, 0.25) is 0 Å². The normalized spacial score (nSPS) is 11.6. The standard InChI is InChI=1S/C16H14F2N2/c1-11-3-5-13(6-4-11)9-19-20-10-14-15(17)7-12(2)8-16(14)18/h3-10H,1-2H3. The molecule has 0 N–H and O–H groups in total. The first-order valence-corrected chi connectivity index (χ1v) is 6.15. The average Bonchev–Trinajstić information content (AvgIpc) is 2.39. The van der Waals surface area contributed by atoms with Gasteiger partial charge in [0, 0.05) is 0 Å². The highest BCUT2D eigenvalue weighted by Crippen LogP contribution is 2.13. The Kier molecular flexibility index (Phi) is 4.35. The van der Waals surface area contributed by atoms with Crippen LogP contribution in [0.25, 0.3) is 0 Å². The maximum Gasteiger partial charge on any atom is 0.135 e. The van der Waals surface area contributed by atoms with Crippen LogP contribution in [0, 0.1) is 25.5 Å². The van der Waals surface area contributed by atoms with E-state index >= 15 is 0 Å². The molecule has 0 heterocycles. The minimum atomic E-state index is -0.642. The molecule has 0 aliphatic carbocycles. The number of hydrogen-bond donors (Lipinski definition) is 0. The molecule has 0 bridgehead atoms. The molecule has 0 radical (unpaired) electrons. The molecule has 2 aromatic rings. The van der Waals surface area contributed by atoms with Crippen molar-refractivity contribution in [1.29, 1.82) is 0 Å². The lowest BCUT2D eigenvalue weighted by Gasteiger charge is -1.99. The van der Waals surface area contributed by atoms with Crippen LogP contribution in [0.4, 0.5) is 8.78 Å². The molecule has 0 aromatic heterocycles. The van der Waals surface area contributed by atoms with Crippen LogP contribution in [0.3, 0.4) is 0 Å². The first-order chi connectivity index (χ1) is 9.56. The molecule has 102 valence electrons. The van der Waals surface area contributed by atoms with Gasteiger partial charge in [-0.3, -0.25) is 0 Å². The molecular weight excluding hydrogens is 258 g/mol. The summed E-state index contributed by atoms with van der Waals surface area (Å²) in [5.74, 6) is -1.28. The summed E-state index contributed by atoms with van der Waals surface area (Å²) in [5, 5.41) is 7.46. The molecule has 0 unspecified atom stereocenters. The van der Waals surface area contributed by atoms with E-state index in [1.54, 1.807) is 6.92 Å². The quantitative estimate of drug-likeness (QED) is 0.595. The molecule has 0 saturated carbocycles. The van der Waals surface area contributed by atoms with Crippen molar-refractivity contribution < 1.29 is 8.78 Å². The monoisotopic (exact) mass is 272 g/mol. The van der Waals surface area contributed by atoms with E-state index in [4.69, 9.17) is 0 Å². The molecule has 0 aliphatic heterocycles. The second kappa shape index (κ2) is 6.19. The van der Waals surface area contributed by atoms with Gasteiger partial charge in [0.1, 0.15) is 11.6 Å². The fourth-order valence-corrected chi connectivity index (χ4v) is 1.68. The van der Waals surface area contributed by atoms with Gasteiger partial charge >= 0.3 is 0 Å². The van der Waals surface area contributed by atoms with Gasteiger partial charge in [0.05, 0.1) is 18.0 Å². The van der Waals surface area contributed by atoms with E-state index in [2.05, 4.69) is 10.2 Å². The molecule has 2 nitrogen and oxygen atoms in total. The Bertz CT molecular complexity index is 636. The topological polar surface area (TPSA) is 24.7 Å². The third-order valence-electron chi connectivity index (χ3n) is 2.76. The zero-order chi connectivity index (χ0) is 14.5. The minimum absolute atomic E-state index is 0.184. The molecule has 0 atom stereocenters. The number of nitrogens with zero attached hydrogens (tertiary/aromatic N) is 2. The van der Waals surface area contributed by atoms with Gasteiger partial charge in [-0.05, 0) is 37.1 Å². The lowest BCUT2D eigenvalue weighted by atomic mass is 10.1. The lowest BCUT2D eigenvalue weighted by Crippen LogP contribution is -1.95. The van der Waals surface area contributed by atoms with Crippen LogP contribution in [0.5, 0.6) is 0 Å². The number of aryl methyl sites for hydroxylation is 2. The van der Waals surface area contributed by atoms with Gasteiger partial charge in [-0.2, -0.15) is 10.2 Å². The first-order valence-electron chi connectivity index (χ1n) is 6.15. The van der Waals surface area contributed by atoms with Crippen LogP contribution in [0.1, 0.15) is 22.3 Å². The van der Waals surface area contributed by atoms with E-state index in [0.717, 1.165) is 17.3 Å². The number of halogens is 2. The number of benzene rings is 2. The Morgan fingerprint density at radius 3 is 1.95 bits per heavy atom. The largest absolute Gasteiger partial charge is 0.206 e. The minimum Gasteiger partial charge on any atom is -0.206 e. The van der Waals surface area contributed by atoms with Gasteiger partial charge in [-0.25, -0.2) is 8.78 Å². The van der Waals surface area contributed by atoms with E-state index < -0.39 is 11.6 Å². The van der Waals surface area contributed by atoms with Gasteiger partial charge in [-0.15, -0.1) is 0 Å². The zero-order valence-corrected chi connectivity index (χ0v) is 11.3. The zero-order valence-electron chi connectivity index (χ0n) is 11.3.